The van der Waals surface area contributed by atoms with E-state index >= 15 is 0 Å². The number of nitrogens with zero attached hydrogens (tertiary/aromatic N) is 3. The van der Waals surface area contributed by atoms with Crippen LogP contribution in [0.5, 0.6) is 0 Å². The standard InChI is InChI=1S/C15H17BrFN5O2/c1-15(4-5-15)6-7-18-13-12(21-24-22-13)14(20-23)19-9-2-3-11(17)10(16)8-9/h2-3,8,23H,4-7H2,1H3,(H,18,22)(H,19,20). The fourth-order valence-corrected chi connectivity index (χ4v) is 2.59. The minimum absolute atomic E-state index is 0.0508. The molecule has 1 aromatic heterocycles. The van der Waals surface area contributed by atoms with Crippen molar-refractivity contribution in [3.8, 4) is 0 Å². The fraction of sp³-hybridized carbons (Fsp3) is 0.400. The third-order valence-electron chi connectivity index (χ3n) is 4.09. The first-order valence-corrected chi connectivity index (χ1v) is 8.31. The van der Waals surface area contributed by atoms with Gasteiger partial charge in [0.15, 0.2) is 11.5 Å². The van der Waals surface area contributed by atoms with E-state index in [1.54, 1.807) is 0 Å². The van der Waals surface area contributed by atoms with Crippen molar-refractivity contribution in [2.75, 3.05) is 11.9 Å². The van der Waals surface area contributed by atoms with Gasteiger partial charge in [0.25, 0.3) is 0 Å². The van der Waals surface area contributed by atoms with Gasteiger partial charge in [-0.05, 0) is 69.1 Å². The molecule has 3 rings (SSSR count). The van der Waals surface area contributed by atoms with Gasteiger partial charge in [-0.3, -0.25) is 10.7 Å². The van der Waals surface area contributed by atoms with Crippen LogP contribution in [0.2, 0.25) is 0 Å². The minimum Gasteiger partial charge on any atom is -0.365 e. The molecule has 7 nitrogen and oxygen atoms in total. The van der Waals surface area contributed by atoms with E-state index in [2.05, 4.69) is 43.5 Å². The molecule has 1 saturated carbocycles. The number of aromatic nitrogens is 2. The Morgan fingerprint density at radius 2 is 2.25 bits per heavy atom. The van der Waals surface area contributed by atoms with Crippen molar-refractivity contribution in [3.05, 3.63) is 34.2 Å². The summed E-state index contributed by atoms with van der Waals surface area (Å²) in [5.41, 5.74) is 3.08. The summed E-state index contributed by atoms with van der Waals surface area (Å²) >= 11 is 3.09. The van der Waals surface area contributed by atoms with Crippen molar-refractivity contribution in [1.82, 2.24) is 15.8 Å². The first-order chi connectivity index (χ1) is 11.5. The Hall–Kier alpha value is -2.00. The van der Waals surface area contributed by atoms with E-state index in [0.717, 1.165) is 13.0 Å². The van der Waals surface area contributed by atoms with E-state index in [-0.39, 0.29) is 16.0 Å². The molecule has 1 aromatic carbocycles. The molecule has 0 atom stereocenters. The summed E-state index contributed by atoms with van der Waals surface area (Å²) in [6.07, 6.45) is 3.50. The van der Waals surface area contributed by atoms with Crippen LogP contribution in [-0.4, -0.2) is 27.9 Å². The summed E-state index contributed by atoms with van der Waals surface area (Å²) in [4.78, 5) is 4.21. The summed E-state index contributed by atoms with van der Waals surface area (Å²) in [6.45, 7) is 2.96. The van der Waals surface area contributed by atoms with Crippen LogP contribution in [0, 0.1) is 11.2 Å². The Kier molecular flexibility index (Phi) is 4.81. The number of anilines is 1. The van der Waals surface area contributed by atoms with E-state index in [0.29, 0.717) is 16.9 Å². The molecule has 0 saturated heterocycles. The molecular weight excluding hydrogens is 381 g/mol. The lowest BCUT2D eigenvalue weighted by Gasteiger charge is -2.09. The predicted octanol–water partition coefficient (Wildman–Crippen LogP) is 3.63. The Morgan fingerprint density at radius 3 is 2.92 bits per heavy atom. The van der Waals surface area contributed by atoms with Gasteiger partial charge in [-0.25, -0.2) is 14.0 Å². The zero-order valence-electron chi connectivity index (χ0n) is 13.0. The molecule has 0 spiro atoms. The fourth-order valence-electron chi connectivity index (χ4n) is 2.22. The normalized spacial score (nSPS) is 16.1. The summed E-state index contributed by atoms with van der Waals surface area (Å²) in [6, 6.07) is 4.24. The van der Waals surface area contributed by atoms with Crippen molar-refractivity contribution in [1.29, 1.82) is 0 Å². The summed E-state index contributed by atoms with van der Waals surface area (Å²) < 4.78 is 18.3. The van der Waals surface area contributed by atoms with Crippen LogP contribution in [0.3, 0.4) is 0 Å². The summed E-state index contributed by atoms with van der Waals surface area (Å²) in [7, 11) is 0. The van der Waals surface area contributed by atoms with Crippen molar-refractivity contribution in [3.63, 3.8) is 0 Å². The summed E-state index contributed by atoms with van der Waals surface area (Å²) in [5, 5.41) is 20.1. The number of hydrogen-bond acceptors (Lipinski definition) is 6. The lowest BCUT2D eigenvalue weighted by molar-refractivity contribution is 0.234. The van der Waals surface area contributed by atoms with Crippen molar-refractivity contribution < 1.29 is 14.2 Å². The molecule has 1 heterocycles. The number of aliphatic imine (C=N–C) groups is 1. The number of hydrogen-bond donors (Lipinski definition) is 3. The van der Waals surface area contributed by atoms with Crippen molar-refractivity contribution in [2.45, 2.75) is 26.2 Å². The van der Waals surface area contributed by atoms with Crippen LogP contribution >= 0.6 is 15.9 Å². The maximum absolute atomic E-state index is 13.3. The second-order valence-corrected chi connectivity index (χ2v) is 6.97. The molecule has 0 amide bonds. The topological polar surface area (TPSA) is 95.6 Å². The SMILES string of the molecule is CC1(CCNc2nonc2C(=Nc2ccc(F)c(Br)c2)NO)CC1. The number of halogens is 2. The first kappa shape index (κ1) is 16.8. The van der Waals surface area contributed by atoms with Gasteiger partial charge >= 0.3 is 0 Å². The van der Waals surface area contributed by atoms with Crippen LogP contribution in [0.4, 0.5) is 15.9 Å². The van der Waals surface area contributed by atoms with Gasteiger partial charge in [0.05, 0.1) is 10.2 Å². The zero-order chi connectivity index (χ0) is 17.2. The summed E-state index contributed by atoms with van der Waals surface area (Å²) in [5.74, 6) is 0.0436. The Bertz CT molecular complexity index is 760. The molecule has 0 radical (unpaired) electrons. The molecule has 0 unspecified atom stereocenters. The zero-order valence-corrected chi connectivity index (χ0v) is 14.6. The Labute approximate surface area is 146 Å². The second-order valence-electron chi connectivity index (χ2n) is 6.12. The number of hydroxylamine groups is 1. The number of nitrogens with one attached hydrogen (secondary N) is 2. The van der Waals surface area contributed by atoms with Crippen LogP contribution < -0.4 is 10.8 Å². The van der Waals surface area contributed by atoms with E-state index in [9.17, 15) is 9.60 Å². The van der Waals surface area contributed by atoms with E-state index in [1.165, 1.54) is 31.0 Å². The predicted molar refractivity (Wildman–Crippen MR) is 90.0 cm³/mol. The van der Waals surface area contributed by atoms with Gasteiger partial charge in [-0.1, -0.05) is 6.92 Å². The highest BCUT2D eigenvalue weighted by atomic mass is 79.9. The van der Waals surface area contributed by atoms with Gasteiger partial charge in [-0.2, -0.15) is 0 Å². The van der Waals surface area contributed by atoms with Crippen LogP contribution in [0.25, 0.3) is 0 Å². The molecule has 9 heteroatoms. The third-order valence-corrected chi connectivity index (χ3v) is 4.70. The Morgan fingerprint density at radius 1 is 1.46 bits per heavy atom. The van der Waals surface area contributed by atoms with Crippen LogP contribution in [0.15, 0.2) is 32.3 Å². The van der Waals surface area contributed by atoms with Gasteiger partial charge in [0.1, 0.15) is 5.82 Å². The van der Waals surface area contributed by atoms with Gasteiger partial charge < -0.3 is 5.32 Å². The van der Waals surface area contributed by atoms with Crippen molar-refractivity contribution in [2.24, 2.45) is 10.4 Å². The van der Waals surface area contributed by atoms with Gasteiger partial charge in [-0.15, -0.1) is 0 Å². The molecule has 0 aliphatic heterocycles. The highest BCUT2D eigenvalue weighted by Crippen LogP contribution is 2.47. The molecule has 24 heavy (non-hydrogen) atoms. The number of benzene rings is 1. The van der Waals surface area contributed by atoms with Crippen molar-refractivity contribution >= 4 is 33.3 Å². The highest BCUT2D eigenvalue weighted by Gasteiger charge is 2.36. The lowest BCUT2D eigenvalue weighted by atomic mass is 10.1. The van der Waals surface area contributed by atoms with E-state index in [1.807, 2.05) is 5.48 Å². The largest absolute Gasteiger partial charge is 0.365 e. The molecular formula is C15H17BrFN5O2. The molecule has 128 valence electrons. The molecule has 3 N–H and O–H groups in total. The van der Waals surface area contributed by atoms with Crippen LogP contribution in [-0.2, 0) is 0 Å². The quantitative estimate of drug-likeness (QED) is 0.391. The maximum atomic E-state index is 13.3. The monoisotopic (exact) mass is 397 g/mol. The average molecular weight is 398 g/mol. The molecule has 2 aromatic rings. The van der Waals surface area contributed by atoms with Gasteiger partial charge in [0.2, 0.25) is 5.82 Å². The van der Waals surface area contributed by atoms with Crippen LogP contribution in [0.1, 0.15) is 31.9 Å². The minimum atomic E-state index is -0.397. The second kappa shape index (κ2) is 6.86. The van der Waals surface area contributed by atoms with E-state index < -0.39 is 5.82 Å². The number of amidine groups is 1. The highest BCUT2D eigenvalue weighted by molar-refractivity contribution is 9.10. The first-order valence-electron chi connectivity index (χ1n) is 7.51. The lowest BCUT2D eigenvalue weighted by Crippen LogP contribution is -2.22. The Balaban J connectivity index is 1.76. The third kappa shape index (κ3) is 3.90. The maximum Gasteiger partial charge on any atom is 0.202 e. The van der Waals surface area contributed by atoms with E-state index in [4.69, 9.17) is 4.63 Å². The molecule has 1 aliphatic rings. The molecule has 0 bridgehead atoms. The number of rotatable bonds is 6. The average Bonchev–Trinajstić information content (AvgIpc) is 3.11. The molecule has 1 fully saturated rings. The smallest absolute Gasteiger partial charge is 0.202 e. The molecule has 1 aliphatic carbocycles. The van der Waals surface area contributed by atoms with Gasteiger partial charge in [0, 0.05) is 6.54 Å².